The summed E-state index contributed by atoms with van der Waals surface area (Å²) in [6.45, 7) is 3.13. The Kier molecular flexibility index (Phi) is 4.73. The van der Waals surface area contributed by atoms with Crippen molar-refractivity contribution in [3.63, 3.8) is 0 Å². The summed E-state index contributed by atoms with van der Waals surface area (Å²) in [6.07, 6.45) is 3.61. The molecule has 0 aromatic heterocycles. The van der Waals surface area contributed by atoms with Gasteiger partial charge in [0, 0.05) is 12.6 Å². The van der Waals surface area contributed by atoms with E-state index in [2.05, 4.69) is 4.90 Å². The lowest BCUT2D eigenvalue weighted by Gasteiger charge is -2.26. The molecular formula is C13H18FN3O3. The Morgan fingerprint density at radius 2 is 2.05 bits per heavy atom. The molecule has 1 aromatic rings. The van der Waals surface area contributed by atoms with E-state index >= 15 is 0 Å². The zero-order valence-electron chi connectivity index (χ0n) is 11.2. The molecule has 1 heterocycles. The summed E-state index contributed by atoms with van der Waals surface area (Å²) in [5.74, 6) is -0.797. The average Bonchev–Trinajstić information content (AvgIpc) is 2.43. The fourth-order valence-corrected chi connectivity index (χ4v) is 2.30. The van der Waals surface area contributed by atoms with Crippen molar-refractivity contribution in [2.24, 2.45) is 0 Å². The molecule has 0 bridgehead atoms. The van der Waals surface area contributed by atoms with E-state index in [-0.39, 0.29) is 11.4 Å². The third-order valence-electron chi connectivity index (χ3n) is 3.39. The molecule has 0 saturated carbocycles. The van der Waals surface area contributed by atoms with Crippen LogP contribution in [0.25, 0.3) is 0 Å². The fraction of sp³-hybridized carbons (Fsp3) is 0.538. The summed E-state index contributed by atoms with van der Waals surface area (Å²) in [5, 5.41) is 10.6. The Hall–Kier alpha value is -1.89. The van der Waals surface area contributed by atoms with Gasteiger partial charge >= 0.3 is 0 Å². The molecule has 1 aromatic carbocycles. The van der Waals surface area contributed by atoms with Gasteiger partial charge in [0.05, 0.1) is 11.0 Å². The lowest BCUT2D eigenvalue weighted by molar-refractivity contribution is -0.384. The maximum absolute atomic E-state index is 13.7. The molecule has 0 atom stereocenters. The summed E-state index contributed by atoms with van der Waals surface area (Å²) in [4.78, 5) is 12.2. The van der Waals surface area contributed by atoms with Crippen molar-refractivity contribution in [2.45, 2.75) is 19.3 Å². The van der Waals surface area contributed by atoms with Crippen LogP contribution in [0.1, 0.15) is 19.3 Å². The molecule has 0 radical (unpaired) electrons. The van der Waals surface area contributed by atoms with Crippen LogP contribution in [-0.4, -0.2) is 36.1 Å². The van der Waals surface area contributed by atoms with E-state index in [4.69, 9.17) is 10.5 Å². The van der Waals surface area contributed by atoms with Gasteiger partial charge in [-0.15, -0.1) is 0 Å². The van der Waals surface area contributed by atoms with Gasteiger partial charge in [-0.1, -0.05) is 6.42 Å². The number of hydrogen-bond acceptors (Lipinski definition) is 5. The fourth-order valence-electron chi connectivity index (χ4n) is 2.30. The molecule has 2 N–H and O–H groups in total. The highest BCUT2D eigenvalue weighted by atomic mass is 19.1. The molecule has 7 heteroatoms. The number of nitrogens with zero attached hydrogens (tertiary/aromatic N) is 2. The number of piperidine rings is 1. The zero-order valence-corrected chi connectivity index (χ0v) is 11.2. The normalized spacial score (nSPS) is 16.1. The van der Waals surface area contributed by atoms with Crippen LogP contribution in [-0.2, 0) is 0 Å². The smallest absolute Gasteiger partial charge is 0.295 e. The summed E-state index contributed by atoms with van der Waals surface area (Å²) >= 11 is 0. The number of nitro benzene ring substituents is 1. The Morgan fingerprint density at radius 3 is 2.70 bits per heavy atom. The molecule has 2 rings (SSSR count). The molecule has 1 fully saturated rings. The van der Waals surface area contributed by atoms with Crippen LogP contribution < -0.4 is 10.5 Å². The number of halogens is 1. The van der Waals surface area contributed by atoms with E-state index < -0.39 is 16.4 Å². The largest absolute Gasteiger partial charge is 0.489 e. The van der Waals surface area contributed by atoms with Gasteiger partial charge < -0.3 is 10.5 Å². The number of ether oxygens (including phenoxy) is 1. The van der Waals surface area contributed by atoms with Gasteiger partial charge in [-0.2, -0.15) is 0 Å². The minimum absolute atomic E-state index is 0.0369. The quantitative estimate of drug-likeness (QED) is 0.509. The molecule has 6 nitrogen and oxygen atoms in total. The number of nitrogen functional groups attached to an aromatic ring is 1. The first kappa shape index (κ1) is 14.5. The van der Waals surface area contributed by atoms with E-state index in [0.717, 1.165) is 25.7 Å². The molecule has 1 aliphatic rings. The Balaban J connectivity index is 1.92. The first-order valence-corrected chi connectivity index (χ1v) is 6.66. The first-order chi connectivity index (χ1) is 9.58. The Morgan fingerprint density at radius 1 is 1.35 bits per heavy atom. The van der Waals surface area contributed by atoms with Crippen molar-refractivity contribution in [1.29, 1.82) is 0 Å². The summed E-state index contributed by atoms with van der Waals surface area (Å²) in [5.41, 5.74) is 4.97. The minimum atomic E-state index is -0.760. The van der Waals surface area contributed by atoms with Gasteiger partial charge in [-0.05, 0) is 25.9 Å². The maximum Gasteiger partial charge on any atom is 0.295 e. The third kappa shape index (κ3) is 3.57. The third-order valence-corrected chi connectivity index (χ3v) is 3.39. The molecule has 0 amide bonds. The molecular weight excluding hydrogens is 265 g/mol. The SMILES string of the molecule is Nc1cc(OCCN2CCCCC2)c(F)cc1[N+](=O)[O-]. The highest BCUT2D eigenvalue weighted by molar-refractivity contribution is 5.61. The summed E-state index contributed by atoms with van der Waals surface area (Å²) in [7, 11) is 0. The number of rotatable bonds is 5. The van der Waals surface area contributed by atoms with Crippen LogP contribution >= 0.6 is 0 Å². The van der Waals surface area contributed by atoms with Gasteiger partial charge in [-0.3, -0.25) is 15.0 Å². The number of benzene rings is 1. The van der Waals surface area contributed by atoms with E-state index in [1.807, 2.05) is 0 Å². The van der Waals surface area contributed by atoms with Crippen molar-refractivity contribution >= 4 is 11.4 Å². The molecule has 110 valence electrons. The second-order valence-electron chi connectivity index (χ2n) is 4.85. The van der Waals surface area contributed by atoms with Crippen molar-refractivity contribution in [3.05, 3.63) is 28.1 Å². The van der Waals surface area contributed by atoms with Crippen LogP contribution in [0.5, 0.6) is 5.75 Å². The number of nitrogens with two attached hydrogens (primary N) is 1. The lowest BCUT2D eigenvalue weighted by Crippen LogP contribution is -2.33. The average molecular weight is 283 g/mol. The van der Waals surface area contributed by atoms with Crippen LogP contribution in [0.4, 0.5) is 15.8 Å². The van der Waals surface area contributed by atoms with Gasteiger partial charge in [0.1, 0.15) is 12.3 Å². The predicted molar refractivity (Wildman–Crippen MR) is 73.3 cm³/mol. The number of anilines is 1. The van der Waals surface area contributed by atoms with E-state index in [0.29, 0.717) is 6.61 Å². The van der Waals surface area contributed by atoms with Crippen molar-refractivity contribution < 1.29 is 14.1 Å². The minimum Gasteiger partial charge on any atom is -0.489 e. The van der Waals surface area contributed by atoms with Crippen LogP contribution in [0.2, 0.25) is 0 Å². The molecule has 0 spiro atoms. The van der Waals surface area contributed by atoms with Gasteiger partial charge in [0.15, 0.2) is 11.6 Å². The van der Waals surface area contributed by atoms with E-state index in [1.165, 1.54) is 25.3 Å². The van der Waals surface area contributed by atoms with E-state index in [1.54, 1.807) is 0 Å². The molecule has 20 heavy (non-hydrogen) atoms. The molecule has 0 aliphatic carbocycles. The second kappa shape index (κ2) is 6.51. The molecule has 1 aliphatic heterocycles. The van der Waals surface area contributed by atoms with Gasteiger partial charge in [0.25, 0.3) is 5.69 Å². The molecule has 0 unspecified atom stereocenters. The number of likely N-dealkylation sites (tertiary alicyclic amines) is 1. The highest BCUT2D eigenvalue weighted by Gasteiger charge is 2.17. The van der Waals surface area contributed by atoms with Gasteiger partial charge in [0.2, 0.25) is 0 Å². The number of hydrogen-bond donors (Lipinski definition) is 1. The van der Waals surface area contributed by atoms with Crippen molar-refractivity contribution in [3.8, 4) is 5.75 Å². The van der Waals surface area contributed by atoms with Gasteiger partial charge in [-0.25, -0.2) is 4.39 Å². The highest BCUT2D eigenvalue weighted by Crippen LogP contribution is 2.29. The summed E-state index contributed by atoms with van der Waals surface area (Å²) < 4.78 is 19.0. The Bertz CT molecular complexity index is 490. The topological polar surface area (TPSA) is 81.6 Å². The summed E-state index contributed by atoms with van der Waals surface area (Å²) in [6, 6.07) is 1.97. The standard InChI is InChI=1S/C13H18FN3O3/c14-10-8-12(17(18)19)11(15)9-13(10)20-7-6-16-4-2-1-3-5-16/h8-9H,1-7,15H2. The zero-order chi connectivity index (χ0) is 14.5. The predicted octanol–water partition coefficient (Wildman–Crippen LogP) is 2.18. The molecule has 1 saturated heterocycles. The van der Waals surface area contributed by atoms with Crippen LogP contribution in [0.3, 0.4) is 0 Å². The van der Waals surface area contributed by atoms with Crippen LogP contribution in [0.15, 0.2) is 12.1 Å². The van der Waals surface area contributed by atoms with E-state index in [9.17, 15) is 14.5 Å². The lowest BCUT2D eigenvalue weighted by atomic mass is 10.1. The van der Waals surface area contributed by atoms with Crippen molar-refractivity contribution in [1.82, 2.24) is 4.90 Å². The first-order valence-electron chi connectivity index (χ1n) is 6.66. The second-order valence-corrected chi connectivity index (χ2v) is 4.85. The number of nitro groups is 1. The Labute approximate surface area is 116 Å². The van der Waals surface area contributed by atoms with Crippen LogP contribution in [0, 0.1) is 15.9 Å². The monoisotopic (exact) mass is 283 g/mol. The van der Waals surface area contributed by atoms with Crippen molar-refractivity contribution in [2.75, 3.05) is 32.0 Å². The maximum atomic E-state index is 13.7.